The van der Waals surface area contributed by atoms with Crippen molar-refractivity contribution in [1.82, 2.24) is 9.97 Å². The monoisotopic (exact) mass is 328 g/mol. The van der Waals surface area contributed by atoms with E-state index in [1.54, 1.807) is 0 Å². The molecule has 0 unspecified atom stereocenters. The molecular weight excluding hydrogens is 306 g/mol. The topological polar surface area (TPSA) is 25.8 Å². The fourth-order valence-electron chi connectivity index (χ4n) is 3.31. The second-order valence-electron chi connectivity index (χ2n) is 6.42. The van der Waals surface area contributed by atoms with Gasteiger partial charge in [0.1, 0.15) is 0 Å². The Morgan fingerprint density at radius 3 is 2.38 bits per heavy atom. The van der Waals surface area contributed by atoms with E-state index in [1.165, 1.54) is 18.9 Å². The van der Waals surface area contributed by atoms with Gasteiger partial charge >= 0.3 is 0 Å². The van der Waals surface area contributed by atoms with E-state index in [-0.39, 0.29) is 0 Å². The van der Waals surface area contributed by atoms with Crippen molar-refractivity contribution in [2.45, 2.75) is 44.9 Å². The molecule has 3 rings (SSSR count). The smallest absolute Gasteiger partial charge is 0.159 e. The summed E-state index contributed by atoms with van der Waals surface area (Å²) in [5.74, 6) is -0.112. The number of halogens is 2. The molecule has 0 amide bonds. The average Bonchev–Trinajstić information content (AvgIpc) is 2.63. The first-order chi connectivity index (χ1) is 11.7. The van der Waals surface area contributed by atoms with Crippen molar-refractivity contribution in [3.63, 3.8) is 0 Å². The molecule has 0 bridgehead atoms. The van der Waals surface area contributed by atoms with Gasteiger partial charge in [-0.3, -0.25) is 0 Å². The van der Waals surface area contributed by atoms with Crippen LogP contribution in [0.3, 0.4) is 0 Å². The van der Waals surface area contributed by atoms with Gasteiger partial charge in [0.05, 0.1) is 0 Å². The Hall–Kier alpha value is -2.10. The molecule has 0 N–H and O–H groups in total. The fraction of sp³-hybridized carbons (Fsp3) is 0.400. The highest BCUT2D eigenvalue weighted by Crippen LogP contribution is 2.36. The summed E-state index contributed by atoms with van der Waals surface area (Å²) >= 11 is 0. The lowest BCUT2D eigenvalue weighted by Gasteiger charge is -2.26. The molecule has 1 fully saturated rings. The minimum atomic E-state index is -0.876. The molecule has 2 aromatic rings. The summed E-state index contributed by atoms with van der Waals surface area (Å²) in [4.78, 5) is 8.70. The third-order valence-corrected chi connectivity index (χ3v) is 4.74. The van der Waals surface area contributed by atoms with Gasteiger partial charge < -0.3 is 0 Å². The SMILES string of the molecule is CCC=C[C@H]1CC[C@H](c2cnc(-c3ccc(F)c(F)c3)nc2)CC1. The van der Waals surface area contributed by atoms with Crippen LogP contribution >= 0.6 is 0 Å². The zero-order valence-corrected chi connectivity index (χ0v) is 13.9. The number of allylic oxidation sites excluding steroid dienone is 2. The lowest BCUT2D eigenvalue weighted by atomic mass is 9.79. The molecule has 4 heteroatoms. The van der Waals surface area contributed by atoms with Crippen molar-refractivity contribution in [1.29, 1.82) is 0 Å². The van der Waals surface area contributed by atoms with E-state index in [9.17, 15) is 8.78 Å². The van der Waals surface area contributed by atoms with Gasteiger partial charge in [0.15, 0.2) is 17.5 Å². The molecule has 0 aliphatic heterocycles. The van der Waals surface area contributed by atoms with E-state index in [1.807, 2.05) is 12.4 Å². The first-order valence-corrected chi connectivity index (χ1v) is 8.61. The predicted molar refractivity (Wildman–Crippen MR) is 91.5 cm³/mol. The number of rotatable bonds is 4. The minimum absolute atomic E-state index is 0.428. The van der Waals surface area contributed by atoms with Crippen LogP contribution in [0.1, 0.15) is 50.5 Å². The fourth-order valence-corrected chi connectivity index (χ4v) is 3.31. The zero-order chi connectivity index (χ0) is 16.9. The lowest BCUT2D eigenvalue weighted by Crippen LogP contribution is -2.12. The number of hydrogen-bond acceptors (Lipinski definition) is 2. The second kappa shape index (κ2) is 7.65. The average molecular weight is 328 g/mol. The van der Waals surface area contributed by atoms with Crippen molar-refractivity contribution in [3.8, 4) is 11.4 Å². The van der Waals surface area contributed by atoms with Gasteiger partial charge in [-0.2, -0.15) is 0 Å². The molecule has 0 saturated heterocycles. The third kappa shape index (κ3) is 3.86. The number of benzene rings is 1. The molecule has 24 heavy (non-hydrogen) atoms. The van der Waals surface area contributed by atoms with Crippen LogP contribution in [0.4, 0.5) is 8.78 Å². The Labute approximate surface area is 141 Å². The maximum atomic E-state index is 13.3. The Balaban J connectivity index is 1.67. The van der Waals surface area contributed by atoms with Crippen LogP contribution in [0.15, 0.2) is 42.7 Å². The van der Waals surface area contributed by atoms with E-state index in [0.29, 0.717) is 23.2 Å². The Kier molecular flexibility index (Phi) is 5.34. The van der Waals surface area contributed by atoms with Crippen LogP contribution in [0, 0.1) is 17.6 Å². The maximum absolute atomic E-state index is 13.3. The molecule has 2 nitrogen and oxygen atoms in total. The maximum Gasteiger partial charge on any atom is 0.159 e. The van der Waals surface area contributed by atoms with E-state index < -0.39 is 11.6 Å². The van der Waals surface area contributed by atoms with Crippen molar-refractivity contribution < 1.29 is 8.78 Å². The van der Waals surface area contributed by atoms with Gasteiger partial charge in [-0.05, 0) is 67.7 Å². The Morgan fingerprint density at radius 2 is 1.75 bits per heavy atom. The molecular formula is C20H22F2N2. The molecule has 1 heterocycles. The summed E-state index contributed by atoms with van der Waals surface area (Å²) in [5, 5.41) is 0. The van der Waals surface area contributed by atoms with E-state index in [4.69, 9.17) is 0 Å². The highest BCUT2D eigenvalue weighted by molar-refractivity contribution is 5.54. The summed E-state index contributed by atoms with van der Waals surface area (Å²) in [5.41, 5.74) is 1.63. The minimum Gasteiger partial charge on any atom is -0.236 e. The van der Waals surface area contributed by atoms with Crippen molar-refractivity contribution in [3.05, 3.63) is 59.9 Å². The molecule has 1 aromatic heterocycles. The van der Waals surface area contributed by atoms with Crippen LogP contribution in [-0.2, 0) is 0 Å². The Bertz CT molecular complexity index is 702. The first-order valence-electron chi connectivity index (χ1n) is 8.61. The van der Waals surface area contributed by atoms with Crippen molar-refractivity contribution in [2.24, 2.45) is 5.92 Å². The van der Waals surface area contributed by atoms with E-state index in [0.717, 1.165) is 37.0 Å². The van der Waals surface area contributed by atoms with Crippen LogP contribution < -0.4 is 0 Å². The van der Waals surface area contributed by atoms with Gasteiger partial charge in [-0.25, -0.2) is 18.7 Å². The molecule has 1 aliphatic rings. The molecule has 126 valence electrons. The summed E-state index contributed by atoms with van der Waals surface area (Å²) in [6.07, 6.45) is 14.0. The van der Waals surface area contributed by atoms with Crippen LogP contribution in [0.5, 0.6) is 0 Å². The van der Waals surface area contributed by atoms with Gasteiger partial charge in [0, 0.05) is 18.0 Å². The van der Waals surface area contributed by atoms with Crippen LogP contribution in [0.25, 0.3) is 11.4 Å². The van der Waals surface area contributed by atoms with E-state index in [2.05, 4.69) is 29.0 Å². The molecule has 0 spiro atoms. The molecule has 1 aromatic carbocycles. The lowest BCUT2D eigenvalue weighted by molar-refractivity contribution is 0.374. The number of aromatic nitrogens is 2. The van der Waals surface area contributed by atoms with E-state index >= 15 is 0 Å². The quantitative estimate of drug-likeness (QED) is 0.677. The van der Waals surface area contributed by atoms with Crippen LogP contribution in [-0.4, -0.2) is 9.97 Å². The van der Waals surface area contributed by atoms with Gasteiger partial charge in [-0.1, -0.05) is 19.1 Å². The molecule has 1 aliphatic carbocycles. The highest BCUT2D eigenvalue weighted by Gasteiger charge is 2.21. The second-order valence-corrected chi connectivity index (χ2v) is 6.42. The number of nitrogens with zero attached hydrogens (tertiary/aromatic N) is 2. The summed E-state index contributed by atoms with van der Waals surface area (Å²) in [6.45, 7) is 2.16. The van der Waals surface area contributed by atoms with Gasteiger partial charge in [0.25, 0.3) is 0 Å². The molecule has 1 saturated carbocycles. The van der Waals surface area contributed by atoms with Gasteiger partial charge in [0.2, 0.25) is 0 Å². The largest absolute Gasteiger partial charge is 0.236 e. The summed E-state index contributed by atoms with van der Waals surface area (Å²) in [7, 11) is 0. The molecule has 0 atom stereocenters. The molecule has 0 radical (unpaired) electrons. The number of hydrogen-bond donors (Lipinski definition) is 0. The first kappa shape index (κ1) is 16.7. The summed E-state index contributed by atoms with van der Waals surface area (Å²) < 4.78 is 26.3. The van der Waals surface area contributed by atoms with Crippen LogP contribution in [0.2, 0.25) is 0 Å². The Morgan fingerprint density at radius 1 is 1.04 bits per heavy atom. The standard InChI is InChI=1S/C20H22F2N2/c1-2-3-4-14-5-7-15(8-6-14)17-12-23-20(24-13-17)16-9-10-18(21)19(22)11-16/h3-4,9-15H,2,5-8H2,1H3/t14-,15-. The van der Waals surface area contributed by atoms with Crippen molar-refractivity contribution in [2.75, 3.05) is 0 Å². The normalized spacial score (nSPS) is 21.3. The van der Waals surface area contributed by atoms with Gasteiger partial charge in [-0.15, -0.1) is 0 Å². The predicted octanol–water partition coefficient (Wildman–Crippen LogP) is 5.66. The zero-order valence-electron chi connectivity index (χ0n) is 13.9. The highest BCUT2D eigenvalue weighted by atomic mass is 19.2. The van der Waals surface area contributed by atoms with Crippen molar-refractivity contribution >= 4 is 0 Å². The third-order valence-electron chi connectivity index (χ3n) is 4.74. The summed E-state index contributed by atoms with van der Waals surface area (Å²) in [6, 6.07) is 3.74.